The van der Waals surface area contributed by atoms with Gasteiger partial charge in [-0.2, -0.15) is 15.0 Å². The maximum absolute atomic E-state index is 6.06. The zero-order valence-corrected chi connectivity index (χ0v) is 13.4. The van der Waals surface area contributed by atoms with Crippen molar-refractivity contribution in [3.05, 3.63) is 5.28 Å². The van der Waals surface area contributed by atoms with E-state index < -0.39 is 0 Å². The van der Waals surface area contributed by atoms with E-state index in [-0.39, 0.29) is 5.28 Å². The molecule has 3 rings (SSSR count). The molecule has 2 heterocycles. The van der Waals surface area contributed by atoms with E-state index in [2.05, 4.69) is 32.1 Å². The predicted molar refractivity (Wildman–Crippen MR) is 85.9 cm³/mol. The number of nitrogens with zero attached hydrogens (tertiary/aromatic N) is 4. The summed E-state index contributed by atoms with van der Waals surface area (Å²) >= 11 is 6.06. The minimum Gasteiger partial charge on any atom is -0.351 e. The highest BCUT2D eigenvalue weighted by Gasteiger charge is 2.22. The Bertz CT molecular complexity index is 467. The van der Waals surface area contributed by atoms with Gasteiger partial charge in [-0.25, -0.2) is 0 Å². The molecule has 0 amide bonds. The standard InChI is InChI=1S/C15H24ClN5/c1-2-11-5-7-12(8-6-11)17-14-18-13(16)19-15(20-14)21-9-3-4-10-21/h11-12H,2-10H2,1H3,(H,17,18,19,20). The van der Waals surface area contributed by atoms with Gasteiger partial charge >= 0.3 is 0 Å². The lowest BCUT2D eigenvalue weighted by atomic mass is 9.85. The number of rotatable bonds is 4. The van der Waals surface area contributed by atoms with Gasteiger partial charge in [-0.05, 0) is 56.0 Å². The van der Waals surface area contributed by atoms with Crippen LogP contribution in [0.25, 0.3) is 0 Å². The second kappa shape index (κ2) is 6.77. The summed E-state index contributed by atoms with van der Waals surface area (Å²) < 4.78 is 0. The first-order valence-corrected chi connectivity index (χ1v) is 8.55. The lowest BCUT2D eigenvalue weighted by Gasteiger charge is -2.28. The minimum atomic E-state index is 0.289. The molecule has 0 spiro atoms. The number of aromatic nitrogens is 3. The fourth-order valence-electron chi connectivity index (χ4n) is 3.36. The van der Waals surface area contributed by atoms with Gasteiger partial charge in [0.1, 0.15) is 0 Å². The molecule has 5 nitrogen and oxygen atoms in total. The van der Waals surface area contributed by atoms with E-state index in [4.69, 9.17) is 11.6 Å². The number of halogens is 1. The highest BCUT2D eigenvalue weighted by atomic mass is 35.5. The van der Waals surface area contributed by atoms with Gasteiger partial charge in [0.25, 0.3) is 0 Å². The van der Waals surface area contributed by atoms with Gasteiger partial charge < -0.3 is 10.2 Å². The number of hydrogen-bond donors (Lipinski definition) is 1. The molecule has 0 aromatic carbocycles. The van der Waals surface area contributed by atoms with Crippen molar-refractivity contribution in [1.82, 2.24) is 15.0 Å². The monoisotopic (exact) mass is 309 g/mol. The molecular weight excluding hydrogens is 286 g/mol. The van der Waals surface area contributed by atoms with Crippen LogP contribution in [0.3, 0.4) is 0 Å². The van der Waals surface area contributed by atoms with Crippen LogP contribution in [0, 0.1) is 5.92 Å². The molecule has 116 valence electrons. The van der Waals surface area contributed by atoms with Crippen molar-refractivity contribution in [2.45, 2.75) is 57.9 Å². The minimum absolute atomic E-state index is 0.289. The Balaban J connectivity index is 1.65. The van der Waals surface area contributed by atoms with Crippen molar-refractivity contribution in [3.8, 4) is 0 Å². The van der Waals surface area contributed by atoms with Crippen LogP contribution >= 0.6 is 11.6 Å². The first-order chi connectivity index (χ1) is 10.2. The molecule has 1 saturated carbocycles. The molecule has 1 aromatic rings. The third kappa shape index (κ3) is 3.76. The quantitative estimate of drug-likeness (QED) is 0.922. The van der Waals surface area contributed by atoms with Crippen LogP contribution in [0.15, 0.2) is 0 Å². The molecular formula is C15H24ClN5. The summed E-state index contributed by atoms with van der Waals surface area (Å²) in [5, 5.41) is 3.75. The third-order valence-electron chi connectivity index (χ3n) is 4.74. The Morgan fingerprint density at radius 2 is 1.81 bits per heavy atom. The Morgan fingerprint density at radius 1 is 1.10 bits per heavy atom. The maximum atomic E-state index is 6.06. The zero-order valence-electron chi connectivity index (χ0n) is 12.7. The second-order valence-corrected chi connectivity index (χ2v) is 6.53. The molecule has 6 heteroatoms. The van der Waals surface area contributed by atoms with Gasteiger partial charge in [0.2, 0.25) is 17.2 Å². The zero-order chi connectivity index (χ0) is 14.7. The number of anilines is 2. The van der Waals surface area contributed by atoms with E-state index in [0.717, 1.165) is 25.0 Å². The van der Waals surface area contributed by atoms with E-state index in [1.165, 1.54) is 44.9 Å². The summed E-state index contributed by atoms with van der Waals surface area (Å²) in [7, 11) is 0. The van der Waals surface area contributed by atoms with Crippen LogP contribution in [0.5, 0.6) is 0 Å². The summed E-state index contributed by atoms with van der Waals surface area (Å²) in [5.41, 5.74) is 0. The van der Waals surface area contributed by atoms with E-state index in [9.17, 15) is 0 Å². The Hall–Kier alpha value is -1.10. The summed E-state index contributed by atoms with van der Waals surface area (Å²) in [6.07, 6.45) is 8.68. The van der Waals surface area contributed by atoms with E-state index >= 15 is 0 Å². The maximum Gasteiger partial charge on any atom is 0.231 e. The van der Waals surface area contributed by atoms with Crippen LogP contribution in [-0.2, 0) is 0 Å². The molecule has 2 aliphatic rings. The molecule has 0 unspecified atom stereocenters. The summed E-state index contributed by atoms with van der Waals surface area (Å²) in [4.78, 5) is 15.3. The van der Waals surface area contributed by atoms with Crippen molar-refractivity contribution in [2.24, 2.45) is 5.92 Å². The second-order valence-electron chi connectivity index (χ2n) is 6.19. The smallest absolute Gasteiger partial charge is 0.231 e. The summed E-state index contributed by atoms with van der Waals surface area (Å²) in [5.74, 6) is 2.25. The van der Waals surface area contributed by atoms with Gasteiger partial charge in [0, 0.05) is 19.1 Å². The molecule has 1 aliphatic carbocycles. The van der Waals surface area contributed by atoms with Crippen molar-refractivity contribution in [1.29, 1.82) is 0 Å². The lowest BCUT2D eigenvalue weighted by Crippen LogP contribution is -2.28. The Morgan fingerprint density at radius 3 is 2.48 bits per heavy atom. The van der Waals surface area contributed by atoms with Gasteiger partial charge in [-0.1, -0.05) is 13.3 Å². The van der Waals surface area contributed by atoms with Gasteiger partial charge in [0.05, 0.1) is 0 Å². The predicted octanol–water partition coefficient (Wildman–Crippen LogP) is 3.51. The Kier molecular flexibility index (Phi) is 4.78. The number of hydrogen-bond acceptors (Lipinski definition) is 5. The van der Waals surface area contributed by atoms with Gasteiger partial charge in [-0.15, -0.1) is 0 Å². The SMILES string of the molecule is CCC1CCC(Nc2nc(Cl)nc(N3CCCC3)n2)CC1. The summed E-state index contributed by atoms with van der Waals surface area (Å²) in [6, 6.07) is 0.470. The van der Waals surface area contributed by atoms with Crippen LogP contribution in [-0.4, -0.2) is 34.1 Å². The largest absolute Gasteiger partial charge is 0.351 e. The van der Waals surface area contributed by atoms with Crippen molar-refractivity contribution in [3.63, 3.8) is 0 Å². The fourth-order valence-corrected chi connectivity index (χ4v) is 3.52. The highest BCUT2D eigenvalue weighted by Crippen LogP contribution is 2.28. The molecule has 0 atom stereocenters. The van der Waals surface area contributed by atoms with Crippen LogP contribution < -0.4 is 10.2 Å². The van der Waals surface area contributed by atoms with E-state index in [1.54, 1.807) is 0 Å². The van der Waals surface area contributed by atoms with Crippen molar-refractivity contribution in [2.75, 3.05) is 23.3 Å². The first-order valence-electron chi connectivity index (χ1n) is 8.17. The van der Waals surface area contributed by atoms with E-state index in [1.807, 2.05) is 0 Å². The highest BCUT2D eigenvalue weighted by molar-refractivity contribution is 6.28. The molecule has 1 saturated heterocycles. The van der Waals surface area contributed by atoms with Crippen LogP contribution in [0.2, 0.25) is 5.28 Å². The Labute approximate surface area is 131 Å². The average molecular weight is 310 g/mol. The molecule has 1 N–H and O–H groups in total. The summed E-state index contributed by atoms with van der Waals surface area (Å²) in [6.45, 7) is 4.31. The van der Waals surface area contributed by atoms with Gasteiger partial charge in [-0.3, -0.25) is 0 Å². The van der Waals surface area contributed by atoms with E-state index in [0.29, 0.717) is 12.0 Å². The van der Waals surface area contributed by atoms with Crippen LogP contribution in [0.4, 0.5) is 11.9 Å². The number of nitrogens with one attached hydrogen (secondary N) is 1. The third-order valence-corrected chi connectivity index (χ3v) is 4.91. The topological polar surface area (TPSA) is 53.9 Å². The van der Waals surface area contributed by atoms with Crippen molar-refractivity contribution >= 4 is 23.5 Å². The van der Waals surface area contributed by atoms with Crippen molar-refractivity contribution < 1.29 is 0 Å². The molecule has 1 aromatic heterocycles. The normalized spacial score (nSPS) is 26.1. The molecule has 0 bridgehead atoms. The molecule has 21 heavy (non-hydrogen) atoms. The van der Waals surface area contributed by atoms with Crippen LogP contribution in [0.1, 0.15) is 51.9 Å². The average Bonchev–Trinajstić information content (AvgIpc) is 3.02. The fraction of sp³-hybridized carbons (Fsp3) is 0.800. The molecule has 1 aliphatic heterocycles. The molecule has 2 fully saturated rings. The lowest BCUT2D eigenvalue weighted by molar-refractivity contribution is 0.329. The molecule has 0 radical (unpaired) electrons. The van der Waals surface area contributed by atoms with Gasteiger partial charge in [0.15, 0.2) is 0 Å². The first kappa shape index (κ1) is 14.8.